The molecule has 1 amide bonds. The first kappa shape index (κ1) is 10.7. The van der Waals surface area contributed by atoms with Crippen LogP contribution in [0.5, 0.6) is 0 Å². The quantitative estimate of drug-likeness (QED) is 0.633. The monoisotopic (exact) mass is 196 g/mol. The van der Waals surface area contributed by atoms with Crippen LogP contribution in [0.25, 0.3) is 0 Å². The molecule has 5 nitrogen and oxygen atoms in total. The first-order valence-electron chi connectivity index (χ1n) is 4.62. The lowest BCUT2D eigenvalue weighted by molar-refractivity contribution is -0.118. The van der Waals surface area contributed by atoms with Crippen molar-refractivity contribution in [2.45, 2.75) is 13.5 Å². The highest BCUT2D eigenvalue weighted by atomic mass is 16.1. The number of carbonyl (C=O) groups is 1. The Morgan fingerprint density at radius 3 is 2.93 bits per heavy atom. The van der Waals surface area contributed by atoms with Crippen LogP contribution in [0.4, 0.5) is 0 Å². The number of carbonyl (C=O) groups excluding carboxylic acids is 1. The molecule has 5 heteroatoms. The van der Waals surface area contributed by atoms with Crippen molar-refractivity contribution < 1.29 is 4.79 Å². The molecule has 0 saturated carbocycles. The summed E-state index contributed by atoms with van der Waals surface area (Å²) in [6.07, 6.45) is 1.77. The minimum Gasteiger partial charge on any atom is -0.355 e. The van der Waals surface area contributed by atoms with E-state index >= 15 is 0 Å². The van der Waals surface area contributed by atoms with Gasteiger partial charge in [-0.15, -0.1) is 0 Å². The lowest BCUT2D eigenvalue weighted by Crippen LogP contribution is -2.30. The predicted octanol–water partition coefficient (Wildman–Crippen LogP) is -0.354. The molecule has 0 aromatic carbocycles. The molecule has 0 aliphatic carbocycles. The van der Waals surface area contributed by atoms with Crippen molar-refractivity contribution in [1.29, 1.82) is 0 Å². The largest absolute Gasteiger partial charge is 0.355 e. The fourth-order valence-corrected chi connectivity index (χ4v) is 1.12. The molecular formula is C9H16N4O. The highest BCUT2D eigenvalue weighted by Gasteiger charge is 1.96. The number of amides is 1. The second-order valence-electron chi connectivity index (χ2n) is 3.11. The minimum atomic E-state index is 0.00679. The van der Waals surface area contributed by atoms with Gasteiger partial charge in [-0.3, -0.25) is 9.48 Å². The van der Waals surface area contributed by atoms with Crippen molar-refractivity contribution >= 4 is 5.91 Å². The summed E-state index contributed by atoms with van der Waals surface area (Å²) in [6, 6.07) is 1.96. The Balaban J connectivity index is 2.10. The van der Waals surface area contributed by atoms with Crippen LogP contribution in [0, 0.1) is 0 Å². The number of hydrogen-bond acceptors (Lipinski definition) is 3. The van der Waals surface area contributed by atoms with E-state index in [1.54, 1.807) is 6.20 Å². The SMILES string of the molecule is CC(=O)NCCNCc1ccnn1C. The second kappa shape index (κ2) is 5.39. The molecule has 0 fully saturated rings. The van der Waals surface area contributed by atoms with E-state index in [-0.39, 0.29) is 5.91 Å². The standard InChI is InChI=1S/C9H16N4O/c1-8(14)11-6-5-10-7-9-3-4-12-13(9)2/h3-4,10H,5-7H2,1-2H3,(H,11,14). The van der Waals surface area contributed by atoms with E-state index in [9.17, 15) is 4.79 Å². The predicted molar refractivity (Wildman–Crippen MR) is 53.6 cm³/mol. The van der Waals surface area contributed by atoms with Gasteiger partial charge >= 0.3 is 0 Å². The molecule has 0 bridgehead atoms. The van der Waals surface area contributed by atoms with Gasteiger partial charge in [-0.2, -0.15) is 5.10 Å². The number of aryl methyl sites for hydroxylation is 1. The average molecular weight is 196 g/mol. The Morgan fingerprint density at radius 2 is 2.36 bits per heavy atom. The van der Waals surface area contributed by atoms with Gasteiger partial charge in [-0.05, 0) is 6.07 Å². The number of nitrogens with one attached hydrogen (secondary N) is 2. The van der Waals surface area contributed by atoms with E-state index in [1.807, 2.05) is 17.8 Å². The second-order valence-corrected chi connectivity index (χ2v) is 3.11. The third-order valence-electron chi connectivity index (χ3n) is 1.90. The maximum Gasteiger partial charge on any atom is 0.216 e. The number of nitrogens with zero attached hydrogens (tertiary/aromatic N) is 2. The fraction of sp³-hybridized carbons (Fsp3) is 0.556. The molecule has 14 heavy (non-hydrogen) atoms. The van der Waals surface area contributed by atoms with Gasteiger partial charge in [0, 0.05) is 39.8 Å². The summed E-state index contributed by atoms with van der Waals surface area (Å²) < 4.78 is 1.82. The van der Waals surface area contributed by atoms with Crippen LogP contribution in [-0.4, -0.2) is 28.8 Å². The molecule has 2 N–H and O–H groups in total. The van der Waals surface area contributed by atoms with Crippen molar-refractivity contribution in [3.8, 4) is 0 Å². The van der Waals surface area contributed by atoms with Crippen LogP contribution in [0.2, 0.25) is 0 Å². The molecule has 0 saturated heterocycles. The Kier molecular flexibility index (Phi) is 4.12. The van der Waals surface area contributed by atoms with Crippen molar-refractivity contribution in [3.05, 3.63) is 18.0 Å². The Hall–Kier alpha value is -1.36. The van der Waals surface area contributed by atoms with Crippen molar-refractivity contribution in [3.63, 3.8) is 0 Å². The molecule has 1 heterocycles. The van der Waals surface area contributed by atoms with E-state index in [0.717, 1.165) is 18.8 Å². The Labute approximate surface area is 83.5 Å². The Bertz CT molecular complexity index is 295. The molecule has 78 valence electrons. The molecule has 0 spiro atoms. The van der Waals surface area contributed by atoms with Crippen LogP contribution in [0.1, 0.15) is 12.6 Å². The zero-order chi connectivity index (χ0) is 10.4. The van der Waals surface area contributed by atoms with E-state index < -0.39 is 0 Å². The summed E-state index contributed by atoms with van der Waals surface area (Å²) in [5.74, 6) is 0.00679. The van der Waals surface area contributed by atoms with Gasteiger partial charge in [-0.1, -0.05) is 0 Å². The highest BCUT2D eigenvalue weighted by molar-refractivity contribution is 5.72. The first-order valence-corrected chi connectivity index (χ1v) is 4.62. The van der Waals surface area contributed by atoms with Crippen LogP contribution in [-0.2, 0) is 18.4 Å². The third kappa shape index (κ3) is 3.57. The van der Waals surface area contributed by atoms with Crippen molar-refractivity contribution in [2.24, 2.45) is 7.05 Å². The summed E-state index contributed by atoms with van der Waals surface area (Å²) >= 11 is 0. The summed E-state index contributed by atoms with van der Waals surface area (Å²) in [6.45, 7) is 3.72. The molecule has 0 radical (unpaired) electrons. The minimum absolute atomic E-state index is 0.00679. The van der Waals surface area contributed by atoms with Gasteiger partial charge < -0.3 is 10.6 Å². The lowest BCUT2D eigenvalue weighted by atomic mass is 10.4. The number of aromatic nitrogens is 2. The van der Waals surface area contributed by atoms with E-state index in [4.69, 9.17) is 0 Å². The molecule has 1 rings (SSSR count). The smallest absolute Gasteiger partial charge is 0.216 e. The molecule has 1 aromatic rings. The van der Waals surface area contributed by atoms with E-state index in [2.05, 4.69) is 15.7 Å². The van der Waals surface area contributed by atoms with Crippen LogP contribution < -0.4 is 10.6 Å². The van der Waals surface area contributed by atoms with Gasteiger partial charge in [0.1, 0.15) is 0 Å². The van der Waals surface area contributed by atoms with E-state index in [1.165, 1.54) is 6.92 Å². The maximum atomic E-state index is 10.5. The summed E-state index contributed by atoms with van der Waals surface area (Å²) in [4.78, 5) is 10.5. The zero-order valence-electron chi connectivity index (χ0n) is 8.58. The molecule has 0 unspecified atom stereocenters. The van der Waals surface area contributed by atoms with Gasteiger partial charge in [0.25, 0.3) is 0 Å². The van der Waals surface area contributed by atoms with Crippen LogP contribution >= 0.6 is 0 Å². The average Bonchev–Trinajstić information content (AvgIpc) is 2.51. The Morgan fingerprint density at radius 1 is 1.57 bits per heavy atom. The number of hydrogen-bond donors (Lipinski definition) is 2. The molecule has 1 aromatic heterocycles. The molecule has 0 aliphatic rings. The third-order valence-corrected chi connectivity index (χ3v) is 1.90. The summed E-state index contributed by atoms with van der Waals surface area (Å²) in [5, 5.41) is 9.98. The zero-order valence-corrected chi connectivity index (χ0v) is 8.58. The van der Waals surface area contributed by atoms with Crippen molar-refractivity contribution in [1.82, 2.24) is 20.4 Å². The van der Waals surface area contributed by atoms with Crippen molar-refractivity contribution in [2.75, 3.05) is 13.1 Å². The maximum absolute atomic E-state index is 10.5. The van der Waals surface area contributed by atoms with Gasteiger partial charge in [0.2, 0.25) is 5.91 Å². The molecule has 0 aliphatic heterocycles. The summed E-state index contributed by atoms with van der Waals surface area (Å²) in [7, 11) is 1.91. The topological polar surface area (TPSA) is 59.0 Å². The summed E-state index contributed by atoms with van der Waals surface area (Å²) in [5.41, 5.74) is 1.13. The first-order chi connectivity index (χ1) is 6.70. The normalized spacial score (nSPS) is 10.1. The number of rotatable bonds is 5. The molecular weight excluding hydrogens is 180 g/mol. The fourth-order valence-electron chi connectivity index (χ4n) is 1.12. The van der Waals surface area contributed by atoms with Gasteiger partial charge in [0.05, 0.1) is 5.69 Å². The van der Waals surface area contributed by atoms with Gasteiger partial charge in [-0.25, -0.2) is 0 Å². The highest BCUT2D eigenvalue weighted by Crippen LogP contribution is 1.93. The lowest BCUT2D eigenvalue weighted by Gasteiger charge is -2.05. The van der Waals surface area contributed by atoms with Crippen LogP contribution in [0.3, 0.4) is 0 Å². The van der Waals surface area contributed by atoms with E-state index in [0.29, 0.717) is 6.54 Å². The van der Waals surface area contributed by atoms with Crippen LogP contribution in [0.15, 0.2) is 12.3 Å². The molecule has 0 atom stereocenters. The van der Waals surface area contributed by atoms with Gasteiger partial charge in [0.15, 0.2) is 0 Å².